The van der Waals surface area contributed by atoms with Crippen molar-refractivity contribution in [3.05, 3.63) is 35.4 Å². The molecule has 0 aliphatic heterocycles. The Balaban J connectivity index is 2.44. The summed E-state index contributed by atoms with van der Waals surface area (Å²) in [6, 6.07) is 4.41. The zero-order valence-electron chi connectivity index (χ0n) is 10.6. The Kier molecular flexibility index (Phi) is 4.35. The van der Waals surface area contributed by atoms with E-state index in [1.54, 1.807) is 13.0 Å². The van der Waals surface area contributed by atoms with Gasteiger partial charge in [0.1, 0.15) is 12.4 Å². The summed E-state index contributed by atoms with van der Waals surface area (Å²) in [4.78, 5) is 10.6. The van der Waals surface area contributed by atoms with Gasteiger partial charge < -0.3 is 10.2 Å². The van der Waals surface area contributed by atoms with Gasteiger partial charge in [0, 0.05) is 5.69 Å². The van der Waals surface area contributed by atoms with Crippen LogP contribution >= 0.6 is 11.8 Å². The number of rotatable bonds is 5. The summed E-state index contributed by atoms with van der Waals surface area (Å²) in [6.07, 6.45) is 0. The second-order valence-corrected chi connectivity index (χ2v) is 4.95. The van der Waals surface area contributed by atoms with Gasteiger partial charge in [0.05, 0.1) is 5.75 Å². The lowest BCUT2D eigenvalue weighted by Crippen LogP contribution is -2.05. The van der Waals surface area contributed by atoms with Crippen molar-refractivity contribution in [2.45, 2.75) is 18.7 Å². The number of aliphatic hydroxyl groups is 1. The van der Waals surface area contributed by atoms with Gasteiger partial charge in [-0.2, -0.15) is 0 Å². The minimum absolute atomic E-state index is 0.177. The van der Waals surface area contributed by atoms with Crippen LogP contribution in [-0.2, 0) is 11.4 Å². The Labute approximate surface area is 118 Å². The molecule has 6 nitrogen and oxygen atoms in total. The van der Waals surface area contributed by atoms with E-state index < -0.39 is 5.97 Å². The summed E-state index contributed by atoms with van der Waals surface area (Å²) in [7, 11) is 0. The molecule has 0 aliphatic carbocycles. The predicted octanol–water partition coefficient (Wildman–Crippen LogP) is 1.38. The predicted molar refractivity (Wildman–Crippen MR) is 70.3 cm³/mol. The molecule has 1 heterocycles. The van der Waals surface area contributed by atoms with Crippen molar-refractivity contribution >= 4 is 17.7 Å². The van der Waals surface area contributed by atoms with Crippen molar-refractivity contribution in [1.82, 2.24) is 14.8 Å². The smallest absolute Gasteiger partial charge is 0.313 e. The van der Waals surface area contributed by atoms with Gasteiger partial charge in [-0.05, 0) is 30.7 Å². The maximum atomic E-state index is 13.3. The van der Waals surface area contributed by atoms with Gasteiger partial charge in [0.25, 0.3) is 0 Å². The highest BCUT2D eigenvalue weighted by Crippen LogP contribution is 2.23. The van der Waals surface area contributed by atoms with Crippen molar-refractivity contribution < 1.29 is 19.4 Å². The van der Waals surface area contributed by atoms with Crippen LogP contribution < -0.4 is 0 Å². The first-order valence-electron chi connectivity index (χ1n) is 5.69. The molecule has 0 saturated carbocycles. The van der Waals surface area contributed by atoms with Crippen LogP contribution in [0.5, 0.6) is 0 Å². The van der Waals surface area contributed by atoms with Crippen LogP contribution in [0.25, 0.3) is 5.69 Å². The Morgan fingerprint density at radius 3 is 2.80 bits per heavy atom. The van der Waals surface area contributed by atoms with E-state index in [0.29, 0.717) is 16.4 Å². The fraction of sp³-hybridized carbons (Fsp3) is 0.250. The Morgan fingerprint density at radius 1 is 1.45 bits per heavy atom. The highest BCUT2D eigenvalue weighted by molar-refractivity contribution is 7.99. The number of aliphatic carboxylic acids is 1. The third-order valence-corrected chi connectivity index (χ3v) is 3.48. The molecule has 0 unspecified atom stereocenters. The zero-order valence-corrected chi connectivity index (χ0v) is 11.4. The summed E-state index contributed by atoms with van der Waals surface area (Å²) in [5.41, 5.74) is 1.01. The number of carbonyl (C=O) groups is 1. The molecular formula is C12H12FN3O3S. The second kappa shape index (κ2) is 6.02. The minimum Gasteiger partial charge on any atom is -0.481 e. The number of aliphatic hydroxyl groups excluding tert-OH is 1. The monoisotopic (exact) mass is 297 g/mol. The summed E-state index contributed by atoms with van der Waals surface area (Å²) < 4.78 is 14.8. The first kappa shape index (κ1) is 14.5. The topological polar surface area (TPSA) is 88.2 Å². The van der Waals surface area contributed by atoms with Crippen molar-refractivity contribution in [1.29, 1.82) is 0 Å². The number of nitrogens with zero attached hydrogens (tertiary/aromatic N) is 3. The van der Waals surface area contributed by atoms with Crippen LogP contribution in [0.4, 0.5) is 4.39 Å². The second-order valence-electron chi connectivity index (χ2n) is 4.01. The first-order chi connectivity index (χ1) is 9.52. The number of carboxylic acids is 1. The summed E-state index contributed by atoms with van der Waals surface area (Å²) in [5, 5.41) is 26.0. The van der Waals surface area contributed by atoms with Gasteiger partial charge >= 0.3 is 5.97 Å². The maximum absolute atomic E-state index is 13.3. The minimum atomic E-state index is -0.981. The van der Waals surface area contributed by atoms with Crippen LogP contribution in [0.15, 0.2) is 23.4 Å². The van der Waals surface area contributed by atoms with Gasteiger partial charge in [0.15, 0.2) is 11.0 Å². The Morgan fingerprint density at radius 2 is 2.20 bits per heavy atom. The molecule has 0 amide bonds. The molecule has 0 bridgehead atoms. The number of carboxylic acid groups (broad SMARTS) is 1. The van der Waals surface area contributed by atoms with Crippen LogP contribution in [0, 0.1) is 12.7 Å². The van der Waals surface area contributed by atoms with Crippen LogP contribution in [0.1, 0.15) is 11.4 Å². The fourth-order valence-electron chi connectivity index (χ4n) is 1.65. The number of thioether (sulfide) groups is 1. The highest BCUT2D eigenvalue weighted by atomic mass is 32.2. The number of benzene rings is 1. The molecule has 0 atom stereocenters. The lowest BCUT2D eigenvalue weighted by Gasteiger charge is -2.09. The lowest BCUT2D eigenvalue weighted by atomic mass is 10.2. The molecule has 0 aliphatic rings. The number of aryl methyl sites for hydroxylation is 1. The van der Waals surface area contributed by atoms with Crippen LogP contribution in [0.2, 0.25) is 0 Å². The van der Waals surface area contributed by atoms with Crippen molar-refractivity contribution in [2.24, 2.45) is 0 Å². The van der Waals surface area contributed by atoms with Crippen LogP contribution in [-0.4, -0.2) is 36.7 Å². The van der Waals surface area contributed by atoms with E-state index in [-0.39, 0.29) is 24.0 Å². The molecule has 2 aromatic rings. The number of aromatic nitrogens is 3. The molecule has 2 N–H and O–H groups in total. The molecule has 0 spiro atoms. The molecule has 0 fully saturated rings. The van der Waals surface area contributed by atoms with Gasteiger partial charge in [-0.3, -0.25) is 9.36 Å². The van der Waals surface area contributed by atoms with Crippen molar-refractivity contribution in [3.8, 4) is 5.69 Å². The molecule has 20 heavy (non-hydrogen) atoms. The number of halogens is 1. The van der Waals surface area contributed by atoms with Crippen LogP contribution in [0.3, 0.4) is 0 Å². The van der Waals surface area contributed by atoms with E-state index in [1.807, 2.05) is 0 Å². The summed E-state index contributed by atoms with van der Waals surface area (Å²) in [5.74, 6) is -1.23. The average Bonchev–Trinajstić information content (AvgIpc) is 2.82. The summed E-state index contributed by atoms with van der Waals surface area (Å²) in [6.45, 7) is 1.27. The third kappa shape index (κ3) is 2.97. The SMILES string of the molecule is Cc1cc(-n2c(CO)nnc2SCC(=O)O)ccc1F. The van der Waals surface area contributed by atoms with Gasteiger partial charge in [0.2, 0.25) is 0 Å². The maximum Gasteiger partial charge on any atom is 0.313 e. The van der Waals surface area contributed by atoms with E-state index in [1.165, 1.54) is 16.7 Å². The van der Waals surface area contributed by atoms with E-state index in [4.69, 9.17) is 5.11 Å². The quantitative estimate of drug-likeness (QED) is 0.811. The van der Waals surface area contributed by atoms with E-state index >= 15 is 0 Å². The zero-order chi connectivity index (χ0) is 14.7. The number of hydrogen-bond acceptors (Lipinski definition) is 5. The van der Waals surface area contributed by atoms with Crippen molar-refractivity contribution in [3.63, 3.8) is 0 Å². The third-order valence-electron chi connectivity index (χ3n) is 2.57. The van der Waals surface area contributed by atoms with E-state index in [9.17, 15) is 14.3 Å². The normalized spacial score (nSPS) is 10.8. The van der Waals surface area contributed by atoms with E-state index in [0.717, 1.165) is 11.8 Å². The molecule has 8 heteroatoms. The molecule has 106 valence electrons. The van der Waals surface area contributed by atoms with E-state index in [2.05, 4.69) is 10.2 Å². The van der Waals surface area contributed by atoms with Gasteiger partial charge in [-0.25, -0.2) is 4.39 Å². The standard InChI is InChI=1S/C12H12FN3O3S/c1-7-4-8(2-3-9(7)13)16-10(5-17)14-15-12(16)20-6-11(18)19/h2-4,17H,5-6H2,1H3,(H,18,19). The molecule has 1 aromatic carbocycles. The van der Waals surface area contributed by atoms with Gasteiger partial charge in [-0.15, -0.1) is 10.2 Å². The largest absolute Gasteiger partial charge is 0.481 e. The Hall–Kier alpha value is -1.93. The number of hydrogen-bond donors (Lipinski definition) is 2. The van der Waals surface area contributed by atoms with Gasteiger partial charge in [-0.1, -0.05) is 11.8 Å². The molecule has 0 saturated heterocycles. The molecular weight excluding hydrogens is 285 g/mol. The fourth-order valence-corrected chi connectivity index (χ4v) is 2.34. The molecule has 1 aromatic heterocycles. The lowest BCUT2D eigenvalue weighted by molar-refractivity contribution is -0.133. The Bertz CT molecular complexity index is 645. The molecule has 0 radical (unpaired) electrons. The highest BCUT2D eigenvalue weighted by Gasteiger charge is 2.15. The average molecular weight is 297 g/mol. The first-order valence-corrected chi connectivity index (χ1v) is 6.67. The molecule has 2 rings (SSSR count). The van der Waals surface area contributed by atoms with Crippen molar-refractivity contribution in [2.75, 3.05) is 5.75 Å². The summed E-state index contributed by atoms with van der Waals surface area (Å²) >= 11 is 0.981.